The molecule has 1 fully saturated rings. The largest absolute Gasteiger partial charge is 0.243 e. The van der Waals surface area contributed by atoms with Crippen molar-refractivity contribution in [3.05, 3.63) is 59.1 Å². The second-order valence-electron chi connectivity index (χ2n) is 6.27. The van der Waals surface area contributed by atoms with Gasteiger partial charge in [0.05, 0.1) is 15.0 Å². The number of nitrogens with zero attached hydrogens (tertiary/aromatic N) is 1. The normalized spacial score (nSPS) is 18.9. The van der Waals surface area contributed by atoms with E-state index in [0.717, 1.165) is 12.0 Å². The minimum absolute atomic E-state index is 0.0389. The van der Waals surface area contributed by atoms with Crippen molar-refractivity contribution in [1.29, 1.82) is 0 Å². The van der Waals surface area contributed by atoms with Crippen LogP contribution in [0.1, 0.15) is 18.9 Å². The number of hydrogen-bond donors (Lipinski definition) is 0. The highest BCUT2D eigenvalue weighted by molar-refractivity contribution is 7.92. The Morgan fingerprint density at radius 3 is 2.12 bits per heavy atom. The molecule has 1 saturated heterocycles. The Morgan fingerprint density at radius 1 is 0.962 bits per heavy atom. The Morgan fingerprint density at radius 2 is 1.54 bits per heavy atom. The van der Waals surface area contributed by atoms with E-state index in [2.05, 4.69) is 0 Å². The first-order chi connectivity index (χ1) is 12.2. The van der Waals surface area contributed by atoms with Gasteiger partial charge in [0.25, 0.3) is 0 Å². The molecule has 0 amide bonds. The van der Waals surface area contributed by atoms with Crippen LogP contribution in [-0.2, 0) is 26.3 Å². The smallest absolute Gasteiger partial charge is 0.223 e. The van der Waals surface area contributed by atoms with Gasteiger partial charge in [-0.1, -0.05) is 30.7 Å². The van der Waals surface area contributed by atoms with E-state index in [0.29, 0.717) is 5.02 Å². The maximum atomic E-state index is 12.8. The zero-order valence-electron chi connectivity index (χ0n) is 14.3. The lowest BCUT2D eigenvalue weighted by atomic mass is 10.2. The van der Waals surface area contributed by atoms with Crippen molar-refractivity contribution in [1.82, 2.24) is 4.31 Å². The summed E-state index contributed by atoms with van der Waals surface area (Å²) in [5, 5.41) is -0.302. The monoisotopic (exact) mass is 413 g/mol. The lowest BCUT2D eigenvalue weighted by Crippen LogP contribution is -2.32. The molecule has 26 heavy (non-hydrogen) atoms. The van der Waals surface area contributed by atoms with Crippen molar-refractivity contribution >= 4 is 31.5 Å². The molecule has 0 aromatic heterocycles. The van der Waals surface area contributed by atoms with E-state index in [9.17, 15) is 16.8 Å². The number of sulfone groups is 1. The van der Waals surface area contributed by atoms with Crippen molar-refractivity contribution in [3.63, 3.8) is 0 Å². The van der Waals surface area contributed by atoms with Crippen LogP contribution in [0.3, 0.4) is 0 Å². The molecule has 1 unspecified atom stereocenters. The third-order valence-corrected chi connectivity index (χ3v) is 8.98. The molecule has 1 aliphatic rings. The summed E-state index contributed by atoms with van der Waals surface area (Å²) in [6.45, 7) is 2.15. The van der Waals surface area contributed by atoms with Gasteiger partial charge in [-0.25, -0.2) is 16.8 Å². The van der Waals surface area contributed by atoms with Gasteiger partial charge in [0.1, 0.15) is 0 Å². The van der Waals surface area contributed by atoms with Crippen molar-refractivity contribution in [3.8, 4) is 0 Å². The van der Waals surface area contributed by atoms with E-state index in [1.165, 1.54) is 28.6 Å². The van der Waals surface area contributed by atoms with Crippen LogP contribution in [0.4, 0.5) is 0 Å². The van der Waals surface area contributed by atoms with Crippen LogP contribution in [0, 0.1) is 0 Å². The highest BCUT2D eigenvalue weighted by Gasteiger charge is 2.39. The van der Waals surface area contributed by atoms with E-state index in [4.69, 9.17) is 11.6 Å². The molecule has 1 heterocycles. The van der Waals surface area contributed by atoms with Crippen molar-refractivity contribution in [2.24, 2.45) is 0 Å². The third kappa shape index (κ3) is 3.67. The number of hydrogen-bond acceptors (Lipinski definition) is 4. The molecule has 0 saturated carbocycles. The molecule has 0 aliphatic carbocycles. The summed E-state index contributed by atoms with van der Waals surface area (Å²) < 4.78 is 52.4. The van der Waals surface area contributed by atoms with E-state index in [1.807, 2.05) is 6.92 Å². The van der Waals surface area contributed by atoms with E-state index >= 15 is 0 Å². The maximum absolute atomic E-state index is 12.8. The lowest BCUT2D eigenvalue weighted by molar-refractivity contribution is 0.476. The third-order valence-electron chi connectivity index (χ3n) is 4.66. The summed E-state index contributed by atoms with van der Waals surface area (Å²) in [6.07, 6.45) is 1.10. The van der Waals surface area contributed by atoms with Crippen LogP contribution in [0.25, 0.3) is 0 Å². The Kier molecular flexibility index (Phi) is 5.44. The molecule has 140 valence electrons. The molecule has 1 atom stereocenters. The molecule has 0 N–H and O–H groups in total. The van der Waals surface area contributed by atoms with E-state index in [-0.39, 0.29) is 29.3 Å². The molecule has 0 bridgehead atoms. The first-order valence-corrected chi connectivity index (χ1v) is 11.7. The fourth-order valence-corrected chi connectivity index (χ4v) is 6.44. The average molecular weight is 414 g/mol. The highest BCUT2D eigenvalue weighted by atomic mass is 35.5. The van der Waals surface area contributed by atoms with Crippen LogP contribution in [-0.4, -0.2) is 39.5 Å². The summed E-state index contributed by atoms with van der Waals surface area (Å²) in [7, 11) is -7.30. The summed E-state index contributed by atoms with van der Waals surface area (Å²) in [5.74, 6) is 0. The predicted molar refractivity (Wildman–Crippen MR) is 102 cm³/mol. The fourth-order valence-electron chi connectivity index (χ4n) is 3.03. The lowest BCUT2D eigenvalue weighted by Gasteiger charge is -2.17. The SMILES string of the molecule is CCc1ccc(S(=O)(=O)N2CCC(S(=O)(=O)c3ccc(Cl)cc3)C2)cc1. The van der Waals surface area contributed by atoms with E-state index < -0.39 is 25.1 Å². The van der Waals surface area contributed by atoms with Gasteiger partial charge in [0.15, 0.2) is 9.84 Å². The van der Waals surface area contributed by atoms with Crippen molar-refractivity contribution in [2.75, 3.05) is 13.1 Å². The first-order valence-electron chi connectivity index (χ1n) is 8.33. The average Bonchev–Trinajstić information content (AvgIpc) is 3.14. The Balaban J connectivity index is 1.81. The standard InChI is InChI=1S/C18H20ClNO4S2/c1-2-14-3-7-17(8-4-14)26(23,24)20-12-11-18(13-20)25(21,22)16-9-5-15(19)6-10-16/h3-10,18H,2,11-13H2,1H3. The minimum atomic E-state index is -3.70. The quantitative estimate of drug-likeness (QED) is 0.754. The Bertz CT molecular complexity index is 984. The van der Waals surface area contributed by atoms with Gasteiger partial charge in [-0.05, 0) is 54.8 Å². The van der Waals surface area contributed by atoms with E-state index in [1.54, 1.807) is 24.3 Å². The van der Waals surface area contributed by atoms with Crippen LogP contribution in [0.5, 0.6) is 0 Å². The zero-order valence-corrected chi connectivity index (χ0v) is 16.7. The molecule has 2 aromatic rings. The summed E-state index contributed by atoms with van der Waals surface area (Å²) in [4.78, 5) is 0.359. The molecule has 0 spiro atoms. The molecule has 2 aromatic carbocycles. The van der Waals surface area contributed by atoms with Crippen LogP contribution in [0.15, 0.2) is 58.3 Å². The van der Waals surface area contributed by atoms with Gasteiger partial charge in [-0.2, -0.15) is 4.31 Å². The second-order valence-corrected chi connectivity index (χ2v) is 10.9. The van der Waals surface area contributed by atoms with Gasteiger partial charge in [-0.15, -0.1) is 0 Å². The van der Waals surface area contributed by atoms with Crippen molar-refractivity contribution in [2.45, 2.75) is 34.8 Å². The van der Waals surface area contributed by atoms with Crippen LogP contribution in [0.2, 0.25) is 5.02 Å². The Labute approximate surface area is 159 Å². The fraction of sp³-hybridized carbons (Fsp3) is 0.333. The molecular formula is C18H20ClNO4S2. The summed E-state index contributed by atoms with van der Waals surface area (Å²) in [6, 6.07) is 12.7. The highest BCUT2D eigenvalue weighted by Crippen LogP contribution is 2.28. The molecule has 1 aliphatic heterocycles. The van der Waals surface area contributed by atoms with Gasteiger partial charge in [0.2, 0.25) is 10.0 Å². The number of aryl methyl sites for hydroxylation is 1. The maximum Gasteiger partial charge on any atom is 0.243 e. The number of rotatable bonds is 5. The predicted octanol–water partition coefficient (Wildman–Crippen LogP) is 3.14. The minimum Gasteiger partial charge on any atom is -0.223 e. The van der Waals surface area contributed by atoms with Crippen molar-refractivity contribution < 1.29 is 16.8 Å². The Hall–Kier alpha value is -1.41. The van der Waals surface area contributed by atoms with Gasteiger partial charge in [-0.3, -0.25) is 0 Å². The number of halogens is 1. The molecular weight excluding hydrogens is 394 g/mol. The number of benzene rings is 2. The summed E-state index contributed by atoms with van der Waals surface area (Å²) in [5.41, 5.74) is 1.05. The molecule has 0 radical (unpaired) electrons. The van der Waals surface area contributed by atoms with Gasteiger partial charge >= 0.3 is 0 Å². The topological polar surface area (TPSA) is 71.5 Å². The molecule has 8 heteroatoms. The van der Waals surface area contributed by atoms with Crippen LogP contribution >= 0.6 is 11.6 Å². The molecule has 5 nitrogen and oxygen atoms in total. The zero-order chi connectivity index (χ0) is 18.9. The van der Waals surface area contributed by atoms with Gasteiger partial charge < -0.3 is 0 Å². The number of sulfonamides is 1. The second kappa shape index (κ2) is 7.31. The van der Waals surface area contributed by atoms with Gasteiger partial charge in [0, 0.05) is 18.1 Å². The first kappa shape index (κ1) is 19.4. The molecule has 3 rings (SSSR count). The van der Waals surface area contributed by atoms with Crippen LogP contribution < -0.4 is 0 Å². The summed E-state index contributed by atoms with van der Waals surface area (Å²) >= 11 is 5.81.